The van der Waals surface area contributed by atoms with Crippen LogP contribution in [0.5, 0.6) is 0 Å². The highest BCUT2D eigenvalue weighted by Crippen LogP contribution is 2.54. The van der Waals surface area contributed by atoms with Gasteiger partial charge in [-0.25, -0.2) is 9.79 Å². The van der Waals surface area contributed by atoms with Crippen molar-refractivity contribution in [2.75, 3.05) is 14.2 Å². The number of allylic oxidation sites excluding steroid dienone is 7. The van der Waals surface area contributed by atoms with E-state index in [1.807, 2.05) is 58.1 Å². The van der Waals surface area contributed by atoms with Gasteiger partial charge in [-0.2, -0.15) is 0 Å². The van der Waals surface area contributed by atoms with Crippen LogP contribution < -0.4 is 16.0 Å². The number of fused-ring (bicyclic) bond motifs is 9. The molecular formula is C38H40N4O6. The molecule has 5 heterocycles. The summed E-state index contributed by atoms with van der Waals surface area (Å²) < 4.78 is 10.4. The van der Waals surface area contributed by atoms with Gasteiger partial charge in [-0.1, -0.05) is 31.7 Å². The molecule has 4 atom stereocenters. The highest BCUT2D eigenvalue weighted by molar-refractivity contribution is 6.25. The summed E-state index contributed by atoms with van der Waals surface area (Å²) in [5.74, 6) is -3.05. The Kier molecular flexibility index (Phi) is 8.23. The number of hydrogen-bond acceptors (Lipinski definition) is 8. The van der Waals surface area contributed by atoms with Crippen LogP contribution in [-0.2, 0) is 23.9 Å². The Morgan fingerprint density at radius 3 is 2.44 bits per heavy atom. The lowest BCUT2D eigenvalue weighted by Gasteiger charge is -2.37. The molecule has 0 spiro atoms. The van der Waals surface area contributed by atoms with Crippen LogP contribution in [0.15, 0.2) is 85.8 Å². The molecule has 8 bridgehead atoms. The van der Waals surface area contributed by atoms with Gasteiger partial charge in [-0.05, 0) is 86.3 Å². The molecule has 10 heteroatoms. The average molecular weight is 649 g/mol. The van der Waals surface area contributed by atoms with Crippen LogP contribution >= 0.6 is 0 Å². The Hall–Kier alpha value is -5.25. The molecule has 2 unspecified atom stereocenters. The van der Waals surface area contributed by atoms with Gasteiger partial charge < -0.3 is 24.9 Å². The Morgan fingerprint density at radius 1 is 1.02 bits per heavy atom. The summed E-state index contributed by atoms with van der Waals surface area (Å²) in [4.78, 5) is 51.9. The first kappa shape index (κ1) is 32.7. The monoisotopic (exact) mass is 648 g/mol. The number of carbonyl (C=O) groups excluding carboxylic acids is 2. The summed E-state index contributed by atoms with van der Waals surface area (Å²) in [5.41, 5.74) is 8.16. The highest BCUT2D eigenvalue weighted by Gasteiger charge is 2.55. The molecule has 6 rings (SSSR count). The summed E-state index contributed by atoms with van der Waals surface area (Å²) in [6.45, 7) is 14.1. The molecule has 10 nitrogen and oxygen atoms in total. The molecule has 1 aliphatic carbocycles. The lowest BCUT2D eigenvalue weighted by Crippen LogP contribution is -2.41. The number of carbonyl (C=O) groups is 3. The van der Waals surface area contributed by atoms with E-state index in [1.165, 1.54) is 14.2 Å². The first-order valence-electron chi connectivity index (χ1n) is 16.0. The number of aliphatic imine (C=N–C) groups is 2. The lowest BCUT2D eigenvalue weighted by molar-refractivity contribution is -0.150. The van der Waals surface area contributed by atoms with Crippen molar-refractivity contribution in [1.82, 2.24) is 10.3 Å². The molecule has 5 aliphatic rings. The average Bonchev–Trinajstić information content (AvgIpc) is 3.70. The fourth-order valence-corrected chi connectivity index (χ4v) is 7.45. The van der Waals surface area contributed by atoms with E-state index in [-0.39, 0.29) is 24.0 Å². The van der Waals surface area contributed by atoms with Crippen molar-refractivity contribution in [2.45, 2.75) is 53.5 Å². The summed E-state index contributed by atoms with van der Waals surface area (Å²) in [7, 11) is 2.59. The number of carboxylic acids is 1. The third-order valence-corrected chi connectivity index (χ3v) is 10.5. The topological polar surface area (TPSA) is 142 Å². The molecule has 48 heavy (non-hydrogen) atoms. The van der Waals surface area contributed by atoms with Crippen LogP contribution in [0.1, 0.15) is 51.7 Å². The van der Waals surface area contributed by atoms with Crippen LogP contribution in [0.2, 0.25) is 0 Å². The molecule has 1 aromatic rings. The Morgan fingerprint density at radius 2 is 1.77 bits per heavy atom. The van der Waals surface area contributed by atoms with Gasteiger partial charge in [0, 0.05) is 34.3 Å². The summed E-state index contributed by atoms with van der Waals surface area (Å²) >= 11 is 0. The largest absolute Gasteiger partial charge is 0.481 e. The molecule has 0 aromatic carbocycles. The zero-order valence-corrected chi connectivity index (χ0v) is 28.3. The third-order valence-electron chi connectivity index (χ3n) is 10.5. The maximum atomic E-state index is 13.6. The van der Waals surface area contributed by atoms with Gasteiger partial charge in [0.25, 0.3) is 0 Å². The van der Waals surface area contributed by atoms with E-state index < -0.39 is 29.2 Å². The molecule has 0 amide bonds. The molecule has 248 valence electrons. The van der Waals surface area contributed by atoms with Gasteiger partial charge in [0.2, 0.25) is 0 Å². The number of aromatic amines is 1. The number of hydrogen-bond donors (Lipinski definition) is 3. The highest BCUT2D eigenvalue weighted by atomic mass is 16.5. The van der Waals surface area contributed by atoms with Gasteiger partial charge in [-0.15, -0.1) is 0 Å². The van der Waals surface area contributed by atoms with E-state index in [9.17, 15) is 19.5 Å². The first-order chi connectivity index (χ1) is 22.8. The number of carboxylic acid groups (broad SMARTS) is 1. The number of H-pyrrole nitrogens is 1. The SMILES string of the molecule is C=Cc1c(C)c2[nH]/c1=C\C1NC(=C(CCC(=O)O)C1C)/C=C1N=C(/C=C3\N=C(C=2)C2=CC=C(C(=O)OC)[C@@H](C(=O)OC)[C@]23C)C(C)=C\1C. The van der Waals surface area contributed by atoms with Crippen molar-refractivity contribution in [2.24, 2.45) is 27.2 Å². The van der Waals surface area contributed by atoms with Crippen LogP contribution in [0.4, 0.5) is 0 Å². The second kappa shape index (κ2) is 12.1. The summed E-state index contributed by atoms with van der Waals surface area (Å²) in [6.07, 6.45) is 13.7. The normalized spacial score (nSPS) is 28.6. The van der Waals surface area contributed by atoms with Crippen LogP contribution in [0.25, 0.3) is 18.2 Å². The van der Waals surface area contributed by atoms with Gasteiger partial charge in [0.05, 0.1) is 54.1 Å². The summed E-state index contributed by atoms with van der Waals surface area (Å²) in [6, 6.07) is -0.115. The maximum Gasteiger partial charge on any atom is 0.334 e. The zero-order chi connectivity index (χ0) is 34.7. The van der Waals surface area contributed by atoms with Crippen molar-refractivity contribution < 1.29 is 29.0 Å². The zero-order valence-electron chi connectivity index (χ0n) is 28.3. The fourth-order valence-electron chi connectivity index (χ4n) is 7.45. The number of aliphatic carboxylic acids is 1. The molecule has 1 aromatic heterocycles. The number of ether oxygens (including phenoxy) is 2. The maximum absolute atomic E-state index is 13.6. The molecule has 3 N–H and O–H groups in total. The van der Waals surface area contributed by atoms with Gasteiger partial charge in [0.15, 0.2) is 0 Å². The second-order valence-corrected chi connectivity index (χ2v) is 13.0. The number of aromatic nitrogens is 1. The Bertz CT molecular complexity index is 2080. The minimum atomic E-state index is -1.09. The summed E-state index contributed by atoms with van der Waals surface area (Å²) in [5, 5.41) is 14.9. The van der Waals surface area contributed by atoms with Crippen LogP contribution in [0, 0.1) is 24.2 Å². The van der Waals surface area contributed by atoms with Crippen molar-refractivity contribution >= 4 is 47.6 Å². The number of rotatable bonds is 6. The number of nitrogens with one attached hydrogen (secondary N) is 2. The molecular weight excluding hydrogens is 608 g/mol. The first-order valence-corrected chi connectivity index (χ1v) is 16.0. The van der Waals surface area contributed by atoms with Crippen LogP contribution in [0.3, 0.4) is 0 Å². The Balaban J connectivity index is 1.67. The van der Waals surface area contributed by atoms with Crippen molar-refractivity contribution in [3.8, 4) is 0 Å². The molecule has 0 fully saturated rings. The minimum Gasteiger partial charge on any atom is -0.481 e. The molecule has 0 saturated heterocycles. The predicted molar refractivity (Wildman–Crippen MR) is 185 cm³/mol. The molecule has 0 saturated carbocycles. The Labute approximate surface area is 279 Å². The number of methoxy groups -OCH3 is 2. The predicted octanol–water partition coefficient (Wildman–Crippen LogP) is 4.12. The molecule has 4 aliphatic heterocycles. The van der Waals surface area contributed by atoms with Crippen molar-refractivity contribution in [3.05, 3.63) is 97.7 Å². The van der Waals surface area contributed by atoms with E-state index >= 15 is 0 Å². The minimum absolute atomic E-state index is 0.0196. The fraction of sp³-hybridized carbons (Fsp3) is 0.342. The van der Waals surface area contributed by atoms with Gasteiger partial charge in [0.1, 0.15) is 5.92 Å². The van der Waals surface area contributed by atoms with Crippen LogP contribution in [-0.4, -0.2) is 59.7 Å². The standard InChI is InChI=1S/C38H40N4O6/c1-9-22-20(4)28-16-32-25-12-10-24(36(45)47-7)35(37(46)48-8)38(25,6)33(42-32)17-29-19(3)18(2)26(39-29)14-31-23(11-13-34(43)44)21(5)27(41-31)15-30(22)40-28/h9-10,12,14-17,21,27,35,40-41H,1,11,13H2,2-8H3,(H,43,44)/b26-14-,28-16?,30-15-,33-17-/t21?,27?,35-,38+/m0/s1. The van der Waals surface area contributed by atoms with Crippen molar-refractivity contribution in [1.29, 1.82) is 0 Å². The van der Waals surface area contributed by atoms with Gasteiger partial charge in [-0.3, -0.25) is 14.6 Å². The van der Waals surface area contributed by atoms with E-state index in [1.54, 1.807) is 6.08 Å². The smallest absolute Gasteiger partial charge is 0.334 e. The molecule has 0 radical (unpaired) electrons. The van der Waals surface area contributed by atoms with E-state index in [0.717, 1.165) is 55.5 Å². The second-order valence-electron chi connectivity index (χ2n) is 13.0. The quantitative estimate of drug-likeness (QED) is 0.394. The van der Waals surface area contributed by atoms with Crippen molar-refractivity contribution in [3.63, 3.8) is 0 Å². The van der Waals surface area contributed by atoms with E-state index in [2.05, 4.69) is 29.9 Å². The van der Waals surface area contributed by atoms with Gasteiger partial charge >= 0.3 is 17.9 Å². The number of nitrogens with zero attached hydrogens (tertiary/aromatic N) is 2. The lowest BCUT2D eigenvalue weighted by atomic mass is 9.64. The van der Waals surface area contributed by atoms with E-state index in [4.69, 9.17) is 19.5 Å². The van der Waals surface area contributed by atoms with E-state index in [0.29, 0.717) is 23.5 Å². The number of esters is 2. The third kappa shape index (κ3) is 5.06.